The summed E-state index contributed by atoms with van der Waals surface area (Å²) in [5.74, 6) is 0.880. The molecule has 0 N–H and O–H groups in total. The molecule has 0 aliphatic carbocycles. The summed E-state index contributed by atoms with van der Waals surface area (Å²) in [4.78, 5) is 30.4. The molecule has 1 saturated heterocycles. The zero-order valence-corrected chi connectivity index (χ0v) is 18.4. The number of hydrogen-bond donors (Lipinski definition) is 0. The Morgan fingerprint density at radius 1 is 0.938 bits per heavy atom. The summed E-state index contributed by atoms with van der Waals surface area (Å²) >= 11 is 0. The molecule has 0 bridgehead atoms. The third-order valence-electron chi connectivity index (χ3n) is 6.09. The van der Waals surface area contributed by atoms with E-state index in [1.54, 1.807) is 49.6 Å². The molecular weight excluding hydrogens is 406 g/mol. The Bertz CT molecular complexity index is 1120. The van der Waals surface area contributed by atoms with Crippen molar-refractivity contribution in [3.8, 4) is 17.6 Å². The van der Waals surface area contributed by atoms with Crippen LogP contribution in [0.3, 0.4) is 0 Å². The third-order valence-corrected chi connectivity index (χ3v) is 6.09. The monoisotopic (exact) mass is 431 g/mol. The van der Waals surface area contributed by atoms with Gasteiger partial charge in [0.25, 0.3) is 11.8 Å². The Labute approximate surface area is 187 Å². The molecule has 2 amide bonds. The fourth-order valence-corrected chi connectivity index (χ4v) is 4.22. The van der Waals surface area contributed by atoms with E-state index in [9.17, 15) is 9.59 Å². The van der Waals surface area contributed by atoms with Crippen molar-refractivity contribution in [3.05, 3.63) is 59.3 Å². The predicted octanol–water partition coefficient (Wildman–Crippen LogP) is 3.59. The fourth-order valence-electron chi connectivity index (χ4n) is 4.22. The molecule has 2 aliphatic heterocycles. The second-order valence-electron chi connectivity index (χ2n) is 8.07. The molecule has 7 nitrogen and oxygen atoms in total. The smallest absolute Gasteiger partial charge is 0.282 e. The number of nitriles is 1. The minimum Gasteiger partial charge on any atom is -0.493 e. The number of carbonyl (C=O) groups is 2. The number of amides is 2. The molecule has 32 heavy (non-hydrogen) atoms. The van der Waals surface area contributed by atoms with E-state index in [1.165, 1.54) is 12.0 Å². The Morgan fingerprint density at radius 3 is 2.19 bits per heavy atom. The van der Waals surface area contributed by atoms with Crippen molar-refractivity contribution in [1.82, 2.24) is 4.90 Å². The van der Waals surface area contributed by atoms with E-state index in [2.05, 4.69) is 13.0 Å². The minimum absolute atomic E-state index is 0.348. The van der Waals surface area contributed by atoms with Gasteiger partial charge in [0.05, 0.1) is 37.1 Å². The maximum absolute atomic E-state index is 13.6. The Kier molecular flexibility index (Phi) is 5.87. The lowest BCUT2D eigenvalue weighted by Crippen LogP contribution is -2.38. The van der Waals surface area contributed by atoms with E-state index in [0.29, 0.717) is 58.6 Å². The van der Waals surface area contributed by atoms with Gasteiger partial charge in [0.2, 0.25) is 0 Å². The summed E-state index contributed by atoms with van der Waals surface area (Å²) < 4.78 is 10.8. The molecule has 164 valence electrons. The molecule has 1 fully saturated rings. The molecule has 0 aromatic heterocycles. The summed E-state index contributed by atoms with van der Waals surface area (Å²) in [6, 6.07) is 13.8. The van der Waals surface area contributed by atoms with E-state index in [1.807, 2.05) is 4.90 Å². The SMILES string of the molecule is COc1ccc(C2=C(N3CCC(C)CC3)C(=O)N(c3ccc(C#N)cc3)C2=O)cc1OC. The van der Waals surface area contributed by atoms with Crippen LogP contribution < -0.4 is 14.4 Å². The average Bonchev–Trinajstić information content (AvgIpc) is 3.09. The first-order valence-corrected chi connectivity index (χ1v) is 10.6. The number of hydrogen-bond acceptors (Lipinski definition) is 6. The van der Waals surface area contributed by atoms with Crippen LogP contribution in [0, 0.1) is 17.2 Å². The lowest BCUT2D eigenvalue weighted by Gasteiger charge is -2.32. The van der Waals surface area contributed by atoms with Crippen LogP contribution in [-0.4, -0.2) is 44.0 Å². The number of imide groups is 1. The highest BCUT2D eigenvalue weighted by Crippen LogP contribution is 2.39. The van der Waals surface area contributed by atoms with Crippen LogP contribution >= 0.6 is 0 Å². The number of likely N-dealkylation sites (tertiary alicyclic amines) is 1. The summed E-state index contributed by atoms with van der Waals surface area (Å²) in [6.07, 6.45) is 1.92. The quantitative estimate of drug-likeness (QED) is 0.673. The van der Waals surface area contributed by atoms with Crippen LogP contribution in [0.15, 0.2) is 48.2 Å². The molecule has 2 heterocycles. The van der Waals surface area contributed by atoms with Crippen LogP contribution in [0.4, 0.5) is 5.69 Å². The van der Waals surface area contributed by atoms with Crippen LogP contribution in [0.1, 0.15) is 30.9 Å². The maximum atomic E-state index is 13.6. The zero-order valence-electron chi connectivity index (χ0n) is 18.4. The first kappa shape index (κ1) is 21.4. The van der Waals surface area contributed by atoms with Gasteiger partial charge in [0.15, 0.2) is 11.5 Å². The first-order chi connectivity index (χ1) is 15.5. The third kappa shape index (κ3) is 3.69. The van der Waals surface area contributed by atoms with E-state index >= 15 is 0 Å². The number of anilines is 1. The van der Waals surface area contributed by atoms with E-state index in [0.717, 1.165) is 12.8 Å². The molecular formula is C25H25N3O4. The molecule has 0 atom stereocenters. The molecule has 2 aliphatic rings. The molecule has 2 aromatic rings. The molecule has 0 radical (unpaired) electrons. The highest BCUT2D eigenvalue weighted by atomic mass is 16.5. The van der Waals surface area contributed by atoms with Gasteiger partial charge >= 0.3 is 0 Å². The molecule has 4 rings (SSSR count). The number of piperidine rings is 1. The van der Waals surface area contributed by atoms with Crippen molar-refractivity contribution in [1.29, 1.82) is 5.26 Å². The van der Waals surface area contributed by atoms with Gasteiger partial charge in [-0.25, -0.2) is 4.90 Å². The van der Waals surface area contributed by atoms with Gasteiger partial charge in [-0.1, -0.05) is 13.0 Å². The lowest BCUT2D eigenvalue weighted by atomic mass is 9.97. The van der Waals surface area contributed by atoms with Crippen molar-refractivity contribution in [2.45, 2.75) is 19.8 Å². The maximum Gasteiger partial charge on any atom is 0.282 e. The van der Waals surface area contributed by atoms with Crippen LogP contribution in [0.5, 0.6) is 11.5 Å². The Morgan fingerprint density at radius 2 is 1.59 bits per heavy atom. The molecule has 2 aromatic carbocycles. The van der Waals surface area contributed by atoms with Crippen molar-refractivity contribution >= 4 is 23.1 Å². The van der Waals surface area contributed by atoms with Crippen molar-refractivity contribution in [2.75, 3.05) is 32.2 Å². The molecule has 7 heteroatoms. The highest BCUT2D eigenvalue weighted by molar-refractivity contribution is 6.45. The van der Waals surface area contributed by atoms with Crippen LogP contribution in [0.2, 0.25) is 0 Å². The van der Waals surface area contributed by atoms with Crippen molar-refractivity contribution in [3.63, 3.8) is 0 Å². The summed E-state index contributed by atoms with van der Waals surface area (Å²) in [6.45, 7) is 3.63. The normalized spacial score (nSPS) is 17.1. The van der Waals surface area contributed by atoms with Crippen molar-refractivity contribution < 1.29 is 19.1 Å². The number of rotatable bonds is 5. The second kappa shape index (κ2) is 8.75. The van der Waals surface area contributed by atoms with E-state index in [-0.39, 0.29) is 11.8 Å². The predicted molar refractivity (Wildman–Crippen MR) is 120 cm³/mol. The number of methoxy groups -OCH3 is 2. The Hall–Kier alpha value is -3.79. The van der Waals surface area contributed by atoms with Gasteiger partial charge in [-0.15, -0.1) is 0 Å². The average molecular weight is 431 g/mol. The highest BCUT2D eigenvalue weighted by Gasteiger charge is 2.43. The van der Waals surface area contributed by atoms with Gasteiger partial charge in [-0.2, -0.15) is 5.26 Å². The van der Waals surface area contributed by atoms with Crippen LogP contribution in [0.25, 0.3) is 5.57 Å². The number of carbonyl (C=O) groups excluding carboxylic acids is 2. The van der Waals surface area contributed by atoms with Gasteiger partial charge in [-0.3, -0.25) is 9.59 Å². The Balaban J connectivity index is 1.82. The largest absolute Gasteiger partial charge is 0.493 e. The van der Waals surface area contributed by atoms with E-state index in [4.69, 9.17) is 14.7 Å². The summed E-state index contributed by atoms with van der Waals surface area (Å²) in [5, 5.41) is 9.08. The van der Waals surface area contributed by atoms with Gasteiger partial charge in [0.1, 0.15) is 5.70 Å². The molecule has 0 spiro atoms. The first-order valence-electron chi connectivity index (χ1n) is 10.6. The topological polar surface area (TPSA) is 82.9 Å². The number of nitrogens with zero attached hydrogens (tertiary/aromatic N) is 3. The number of ether oxygens (including phenoxy) is 2. The van der Waals surface area contributed by atoms with Gasteiger partial charge in [0, 0.05) is 13.1 Å². The molecule has 0 saturated carbocycles. The van der Waals surface area contributed by atoms with Gasteiger partial charge in [-0.05, 0) is 60.7 Å². The second-order valence-corrected chi connectivity index (χ2v) is 8.07. The zero-order chi connectivity index (χ0) is 22.8. The number of benzene rings is 2. The summed E-state index contributed by atoms with van der Waals surface area (Å²) in [7, 11) is 3.08. The van der Waals surface area contributed by atoms with Crippen molar-refractivity contribution in [2.24, 2.45) is 5.92 Å². The van der Waals surface area contributed by atoms with Gasteiger partial charge < -0.3 is 14.4 Å². The van der Waals surface area contributed by atoms with Crippen LogP contribution in [-0.2, 0) is 9.59 Å². The minimum atomic E-state index is -0.388. The standard InChI is InChI=1S/C25H25N3O4/c1-16-10-12-27(13-11-16)23-22(18-6-9-20(31-2)21(14-18)32-3)24(29)28(25(23)30)19-7-4-17(15-26)5-8-19/h4-9,14,16H,10-13H2,1-3H3. The summed E-state index contributed by atoms with van der Waals surface area (Å²) in [5.41, 5.74) is 2.28. The fraction of sp³-hybridized carbons (Fsp3) is 0.320. The van der Waals surface area contributed by atoms with E-state index < -0.39 is 0 Å². The lowest BCUT2D eigenvalue weighted by molar-refractivity contribution is -0.120. The molecule has 0 unspecified atom stereocenters.